The summed E-state index contributed by atoms with van der Waals surface area (Å²) in [5.41, 5.74) is 1.67. The van der Waals surface area contributed by atoms with Crippen molar-refractivity contribution in [3.63, 3.8) is 0 Å². The third-order valence-electron chi connectivity index (χ3n) is 3.71. The molecule has 0 aliphatic rings. The molecule has 2 aromatic carbocycles. The summed E-state index contributed by atoms with van der Waals surface area (Å²) < 4.78 is 10.1. The van der Waals surface area contributed by atoms with Gasteiger partial charge in [-0.3, -0.25) is 4.79 Å². The summed E-state index contributed by atoms with van der Waals surface area (Å²) in [4.78, 5) is 25.7. The third kappa shape index (κ3) is 3.77. The summed E-state index contributed by atoms with van der Waals surface area (Å²) in [6, 6.07) is 15.8. The Labute approximate surface area is 150 Å². The van der Waals surface area contributed by atoms with Gasteiger partial charge >= 0.3 is 5.97 Å². The van der Waals surface area contributed by atoms with Crippen LogP contribution < -0.4 is 4.74 Å². The van der Waals surface area contributed by atoms with E-state index in [1.807, 2.05) is 30.3 Å². The van der Waals surface area contributed by atoms with Crippen LogP contribution in [0.4, 0.5) is 0 Å². The lowest BCUT2D eigenvalue weighted by Crippen LogP contribution is -2.15. The zero-order chi connectivity index (χ0) is 18.5. The predicted octanol–water partition coefficient (Wildman–Crippen LogP) is 2.62. The zero-order valence-corrected chi connectivity index (χ0v) is 14.4. The second-order valence-corrected chi connectivity index (χ2v) is 5.49. The minimum absolute atomic E-state index is 0.0800. The van der Waals surface area contributed by atoms with E-state index in [1.54, 1.807) is 38.3 Å². The second kappa shape index (κ2) is 7.60. The van der Waals surface area contributed by atoms with E-state index in [1.165, 1.54) is 4.80 Å². The van der Waals surface area contributed by atoms with Crippen LogP contribution in [0.15, 0.2) is 54.6 Å². The molecule has 1 heterocycles. The molecule has 0 saturated heterocycles. The zero-order valence-electron chi connectivity index (χ0n) is 14.4. The van der Waals surface area contributed by atoms with Gasteiger partial charge in [-0.1, -0.05) is 18.2 Å². The van der Waals surface area contributed by atoms with E-state index in [0.29, 0.717) is 17.0 Å². The maximum atomic E-state index is 12.2. The molecule has 0 atom stereocenters. The summed E-state index contributed by atoms with van der Waals surface area (Å²) in [6.45, 7) is 1.29. The van der Waals surface area contributed by atoms with Gasteiger partial charge in [0.25, 0.3) is 0 Å². The first-order valence-electron chi connectivity index (χ1n) is 7.92. The van der Waals surface area contributed by atoms with Gasteiger partial charge in [-0.25, -0.2) is 4.79 Å². The van der Waals surface area contributed by atoms with Crippen LogP contribution in [0.25, 0.3) is 5.69 Å². The van der Waals surface area contributed by atoms with Crippen molar-refractivity contribution in [1.29, 1.82) is 0 Å². The summed E-state index contributed by atoms with van der Waals surface area (Å²) >= 11 is 0. The summed E-state index contributed by atoms with van der Waals surface area (Å²) in [6.07, 6.45) is 0. The molecule has 0 saturated carbocycles. The average molecular weight is 351 g/mol. The Balaban J connectivity index is 1.66. The Morgan fingerprint density at radius 2 is 1.69 bits per heavy atom. The van der Waals surface area contributed by atoms with E-state index < -0.39 is 5.97 Å². The van der Waals surface area contributed by atoms with Crippen LogP contribution in [0.2, 0.25) is 0 Å². The average Bonchev–Trinajstić information content (AvgIpc) is 3.08. The minimum atomic E-state index is -0.688. The Bertz CT molecular complexity index is 918. The third-order valence-corrected chi connectivity index (χ3v) is 3.71. The fraction of sp³-hybridized carbons (Fsp3) is 0.158. The van der Waals surface area contributed by atoms with Crippen LogP contribution in [0, 0.1) is 6.92 Å². The van der Waals surface area contributed by atoms with Gasteiger partial charge in [-0.05, 0) is 43.3 Å². The maximum absolute atomic E-state index is 12.2. The molecule has 0 spiro atoms. The number of hydrogen-bond acceptors (Lipinski definition) is 6. The quantitative estimate of drug-likeness (QED) is 0.501. The molecule has 0 aliphatic carbocycles. The normalized spacial score (nSPS) is 10.4. The highest BCUT2D eigenvalue weighted by molar-refractivity contribution is 5.99. The van der Waals surface area contributed by atoms with Crippen molar-refractivity contribution >= 4 is 11.8 Å². The molecule has 0 N–H and O–H groups in total. The van der Waals surface area contributed by atoms with Gasteiger partial charge in [0.2, 0.25) is 0 Å². The number of carbonyl (C=O) groups excluding carboxylic acids is 2. The first-order chi connectivity index (χ1) is 12.6. The van der Waals surface area contributed by atoms with Crippen LogP contribution in [0.5, 0.6) is 5.75 Å². The van der Waals surface area contributed by atoms with Crippen molar-refractivity contribution in [2.24, 2.45) is 0 Å². The number of para-hydroxylation sites is 1. The summed E-state index contributed by atoms with van der Waals surface area (Å²) in [5, 5.41) is 8.37. The lowest BCUT2D eigenvalue weighted by molar-refractivity contribution is 0.0467. The number of rotatable bonds is 6. The highest BCUT2D eigenvalue weighted by Gasteiger charge is 2.19. The predicted molar refractivity (Wildman–Crippen MR) is 93.7 cm³/mol. The number of aryl methyl sites for hydroxylation is 1. The number of methoxy groups -OCH3 is 1. The van der Waals surface area contributed by atoms with E-state index in [2.05, 4.69) is 10.2 Å². The van der Waals surface area contributed by atoms with Crippen LogP contribution in [0.1, 0.15) is 26.5 Å². The molecule has 26 heavy (non-hydrogen) atoms. The van der Waals surface area contributed by atoms with Crippen LogP contribution in [0.3, 0.4) is 0 Å². The largest absolute Gasteiger partial charge is 0.497 e. The van der Waals surface area contributed by atoms with Gasteiger partial charge in [-0.15, -0.1) is 5.10 Å². The fourth-order valence-electron chi connectivity index (χ4n) is 2.30. The second-order valence-electron chi connectivity index (χ2n) is 5.49. The van der Waals surface area contributed by atoms with Crippen molar-refractivity contribution in [2.75, 3.05) is 13.7 Å². The van der Waals surface area contributed by atoms with Gasteiger partial charge in [0, 0.05) is 5.56 Å². The molecule has 0 unspecified atom stereocenters. The van der Waals surface area contributed by atoms with E-state index in [4.69, 9.17) is 9.47 Å². The molecular weight excluding hydrogens is 334 g/mol. The van der Waals surface area contributed by atoms with E-state index >= 15 is 0 Å². The van der Waals surface area contributed by atoms with Gasteiger partial charge in [0.1, 0.15) is 5.75 Å². The molecule has 0 radical (unpaired) electrons. The maximum Gasteiger partial charge on any atom is 0.361 e. The Morgan fingerprint density at radius 1 is 1.00 bits per heavy atom. The first-order valence-corrected chi connectivity index (χ1v) is 7.92. The van der Waals surface area contributed by atoms with E-state index in [-0.39, 0.29) is 18.1 Å². The number of benzene rings is 2. The van der Waals surface area contributed by atoms with Gasteiger partial charge in [-0.2, -0.15) is 9.90 Å². The smallest absolute Gasteiger partial charge is 0.361 e. The number of aromatic nitrogens is 3. The van der Waals surface area contributed by atoms with Crippen molar-refractivity contribution in [3.8, 4) is 11.4 Å². The lowest BCUT2D eigenvalue weighted by Gasteiger charge is -2.04. The summed E-state index contributed by atoms with van der Waals surface area (Å²) in [5.74, 6) is -0.354. The van der Waals surface area contributed by atoms with Crippen LogP contribution in [-0.4, -0.2) is 40.5 Å². The van der Waals surface area contributed by atoms with Crippen LogP contribution >= 0.6 is 0 Å². The molecule has 0 bridgehead atoms. The van der Waals surface area contributed by atoms with Crippen molar-refractivity contribution in [3.05, 3.63) is 71.5 Å². The SMILES string of the molecule is COc1ccc(C(=O)COC(=O)c2nn(-c3ccccc3)nc2C)cc1. The number of esters is 1. The number of ether oxygens (including phenoxy) is 2. The van der Waals surface area contributed by atoms with Gasteiger partial charge in [0.05, 0.1) is 18.5 Å². The Kier molecular flexibility index (Phi) is 5.07. The molecular formula is C19H17N3O4. The Morgan fingerprint density at radius 3 is 2.35 bits per heavy atom. The number of carbonyl (C=O) groups is 2. The topological polar surface area (TPSA) is 83.3 Å². The highest BCUT2D eigenvalue weighted by Crippen LogP contribution is 2.13. The van der Waals surface area contributed by atoms with E-state index in [0.717, 1.165) is 5.69 Å². The number of ketones is 1. The molecule has 7 heteroatoms. The van der Waals surface area contributed by atoms with Crippen molar-refractivity contribution in [1.82, 2.24) is 15.0 Å². The molecule has 1 aromatic heterocycles. The van der Waals surface area contributed by atoms with Crippen molar-refractivity contribution in [2.45, 2.75) is 6.92 Å². The number of hydrogen-bond donors (Lipinski definition) is 0. The number of Topliss-reactive ketones (excluding diaryl/α,β-unsaturated/α-hetero) is 1. The summed E-state index contributed by atoms with van der Waals surface area (Å²) in [7, 11) is 1.55. The number of nitrogens with zero attached hydrogens (tertiary/aromatic N) is 3. The fourth-order valence-corrected chi connectivity index (χ4v) is 2.30. The van der Waals surface area contributed by atoms with Crippen molar-refractivity contribution < 1.29 is 19.1 Å². The monoisotopic (exact) mass is 351 g/mol. The van der Waals surface area contributed by atoms with Gasteiger partial charge < -0.3 is 9.47 Å². The molecule has 3 aromatic rings. The molecule has 0 fully saturated rings. The Hall–Kier alpha value is -3.48. The molecule has 132 valence electrons. The highest BCUT2D eigenvalue weighted by atomic mass is 16.5. The lowest BCUT2D eigenvalue weighted by atomic mass is 10.1. The molecule has 7 nitrogen and oxygen atoms in total. The van der Waals surface area contributed by atoms with Crippen LogP contribution in [-0.2, 0) is 4.74 Å². The first kappa shape index (κ1) is 17.3. The molecule has 0 amide bonds. The molecule has 0 aliphatic heterocycles. The molecule has 3 rings (SSSR count). The van der Waals surface area contributed by atoms with E-state index in [9.17, 15) is 9.59 Å². The standard InChI is InChI=1S/C19H17N3O4/c1-13-18(21-22(20-13)15-6-4-3-5-7-15)19(24)26-12-17(23)14-8-10-16(25-2)11-9-14/h3-11H,12H2,1-2H3. The minimum Gasteiger partial charge on any atom is -0.497 e. The van der Waals surface area contributed by atoms with Gasteiger partial charge in [0.15, 0.2) is 18.1 Å².